The molecule has 0 radical (unpaired) electrons. The van der Waals surface area contributed by atoms with Gasteiger partial charge in [-0.25, -0.2) is 0 Å². The monoisotopic (exact) mass is 619 g/mol. The largest absolute Gasteiger partial charge is 0.192 e. The van der Waals surface area contributed by atoms with Gasteiger partial charge in [0.15, 0.2) is 0 Å². The smallest absolute Gasteiger partial charge is 0.100 e. The molecule has 0 aliphatic heterocycles. The third kappa shape index (κ3) is 4.35. The Kier molecular flexibility index (Phi) is 6.31. The molecule has 46 heavy (non-hydrogen) atoms. The predicted molar refractivity (Wildman–Crippen MR) is 199 cm³/mol. The number of nitriles is 1. The van der Waals surface area contributed by atoms with Crippen LogP contribution in [0.2, 0.25) is 0 Å². The molecule has 0 unspecified atom stereocenters. The Morgan fingerprint density at radius 1 is 0.348 bits per heavy atom. The molecule has 0 bridgehead atoms. The van der Waals surface area contributed by atoms with Gasteiger partial charge in [-0.1, -0.05) is 103 Å². The lowest BCUT2D eigenvalue weighted by molar-refractivity contribution is 1.47. The van der Waals surface area contributed by atoms with Crippen LogP contribution >= 0.6 is 22.7 Å². The van der Waals surface area contributed by atoms with Crippen LogP contribution in [0, 0.1) is 11.3 Å². The van der Waals surface area contributed by atoms with Crippen LogP contribution in [0.3, 0.4) is 0 Å². The maximum absolute atomic E-state index is 10.9. The van der Waals surface area contributed by atoms with Gasteiger partial charge in [-0.3, -0.25) is 0 Å². The highest BCUT2D eigenvalue weighted by molar-refractivity contribution is 7.26. The van der Waals surface area contributed by atoms with Crippen LogP contribution in [0.4, 0.5) is 0 Å². The van der Waals surface area contributed by atoms with Gasteiger partial charge in [0, 0.05) is 51.5 Å². The number of benzene rings is 7. The summed E-state index contributed by atoms with van der Waals surface area (Å²) in [5.41, 5.74) is 9.27. The minimum atomic E-state index is 0.693. The quantitative estimate of drug-likeness (QED) is 0.192. The molecule has 2 heterocycles. The van der Waals surface area contributed by atoms with Crippen molar-refractivity contribution in [2.75, 3.05) is 0 Å². The normalized spacial score (nSPS) is 11.5. The van der Waals surface area contributed by atoms with Crippen molar-refractivity contribution < 1.29 is 0 Å². The second-order valence-electron chi connectivity index (χ2n) is 11.6. The number of hydrogen-bond acceptors (Lipinski definition) is 3. The van der Waals surface area contributed by atoms with Crippen LogP contribution in [-0.2, 0) is 0 Å². The second kappa shape index (κ2) is 10.8. The van der Waals surface area contributed by atoms with Gasteiger partial charge in [-0.2, -0.15) is 5.26 Å². The van der Waals surface area contributed by atoms with Crippen LogP contribution in [-0.4, -0.2) is 0 Å². The van der Waals surface area contributed by atoms with Crippen molar-refractivity contribution in [3.63, 3.8) is 0 Å². The SMILES string of the molecule is N#Cc1c(-c2ccc3sc4ccccc4c3c2)cc(-c2ccccc2-c2ccccc2)cc1-c1ccc2sc3ccccc3c2c1. The van der Waals surface area contributed by atoms with E-state index in [1.165, 1.54) is 51.5 Å². The minimum Gasteiger partial charge on any atom is -0.192 e. The summed E-state index contributed by atoms with van der Waals surface area (Å²) in [6.45, 7) is 0. The third-order valence-electron chi connectivity index (χ3n) is 8.95. The van der Waals surface area contributed by atoms with Crippen LogP contribution in [0.1, 0.15) is 5.56 Å². The van der Waals surface area contributed by atoms with E-state index in [0.29, 0.717) is 5.56 Å². The molecule has 0 saturated carbocycles. The molecular weight excluding hydrogens is 595 g/mol. The Morgan fingerprint density at radius 3 is 1.35 bits per heavy atom. The van der Waals surface area contributed by atoms with Gasteiger partial charge in [0.2, 0.25) is 0 Å². The molecule has 0 amide bonds. The lowest BCUT2D eigenvalue weighted by atomic mass is 9.86. The molecule has 0 saturated heterocycles. The summed E-state index contributed by atoms with van der Waals surface area (Å²) in [6.07, 6.45) is 0. The van der Waals surface area contributed by atoms with E-state index in [9.17, 15) is 5.26 Å². The van der Waals surface area contributed by atoms with Crippen LogP contribution in [0.5, 0.6) is 0 Å². The molecule has 0 spiro atoms. The van der Waals surface area contributed by atoms with Gasteiger partial charge < -0.3 is 0 Å². The fourth-order valence-corrected chi connectivity index (χ4v) is 8.94. The number of thiophene rings is 2. The first kappa shape index (κ1) is 26.8. The van der Waals surface area contributed by atoms with E-state index >= 15 is 0 Å². The highest BCUT2D eigenvalue weighted by atomic mass is 32.1. The summed E-state index contributed by atoms with van der Waals surface area (Å²) in [4.78, 5) is 0. The Hall–Kier alpha value is -5.53. The summed E-state index contributed by atoms with van der Waals surface area (Å²) in [5.74, 6) is 0. The maximum atomic E-state index is 10.9. The van der Waals surface area contributed by atoms with E-state index in [2.05, 4.69) is 158 Å². The molecule has 214 valence electrons. The summed E-state index contributed by atoms with van der Waals surface area (Å²) >= 11 is 3.63. The van der Waals surface area contributed by atoms with E-state index in [-0.39, 0.29) is 0 Å². The lowest BCUT2D eigenvalue weighted by Crippen LogP contribution is -1.94. The molecular formula is C43H25NS2. The standard InChI is InChI=1S/C43H25NS2/c44-26-39-35(28-18-20-42-37(22-28)33-14-6-8-16-40(33)45-42)24-30(32-13-5-4-12-31(32)27-10-2-1-3-11-27)25-36(39)29-19-21-43-38(23-29)34-15-7-9-17-41(34)46-43/h1-25H. The zero-order valence-electron chi connectivity index (χ0n) is 24.7. The van der Waals surface area contributed by atoms with E-state index in [1.54, 1.807) is 0 Å². The van der Waals surface area contributed by atoms with Gasteiger partial charge in [0.25, 0.3) is 0 Å². The molecule has 0 fully saturated rings. The van der Waals surface area contributed by atoms with Crippen LogP contribution < -0.4 is 0 Å². The van der Waals surface area contributed by atoms with E-state index in [4.69, 9.17) is 0 Å². The Morgan fingerprint density at radius 2 is 0.804 bits per heavy atom. The maximum Gasteiger partial charge on any atom is 0.100 e. The van der Waals surface area contributed by atoms with Gasteiger partial charge in [0.1, 0.15) is 6.07 Å². The first-order chi connectivity index (χ1) is 22.7. The zero-order chi connectivity index (χ0) is 30.6. The summed E-state index contributed by atoms with van der Waals surface area (Å²) in [7, 11) is 0. The highest BCUT2D eigenvalue weighted by Gasteiger charge is 2.19. The molecule has 2 aromatic heterocycles. The number of fused-ring (bicyclic) bond motifs is 6. The van der Waals surface area contributed by atoms with Crippen molar-refractivity contribution in [3.05, 3.63) is 157 Å². The van der Waals surface area contributed by atoms with Crippen molar-refractivity contribution in [2.24, 2.45) is 0 Å². The number of rotatable bonds is 4. The molecule has 0 aliphatic carbocycles. The van der Waals surface area contributed by atoms with Crippen molar-refractivity contribution in [3.8, 4) is 50.6 Å². The fourth-order valence-electron chi connectivity index (χ4n) is 6.76. The van der Waals surface area contributed by atoms with E-state index in [1.807, 2.05) is 22.7 Å². The van der Waals surface area contributed by atoms with Crippen LogP contribution in [0.15, 0.2) is 152 Å². The first-order valence-electron chi connectivity index (χ1n) is 15.3. The topological polar surface area (TPSA) is 23.8 Å². The molecule has 7 aromatic carbocycles. The predicted octanol–water partition coefficient (Wildman–Crippen LogP) is 13.0. The van der Waals surface area contributed by atoms with Gasteiger partial charge in [0.05, 0.1) is 5.56 Å². The molecule has 9 rings (SSSR count). The molecule has 0 aliphatic rings. The first-order valence-corrected chi connectivity index (χ1v) is 16.9. The van der Waals surface area contributed by atoms with Crippen molar-refractivity contribution in [1.82, 2.24) is 0 Å². The van der Waals surface area contributed by atoms with Crippen molar-refractivity contribution in [2.45, 2.75) is 0 Å². The van der Waals surface area contributed by atoms with Crippen molar-refractivity contribution in [1.29, 1.82) is 5.26 Å². The van der Waals surface area contributed by atoms with Crippen molar-refractivity contribution >= 4 is 63.0 Å². The summed E-state index contributed by atoms with van der Waals surface area (Å²) in [6, 6.07) is 56.7. The summed E-state index contributed by atoms with van der Waals surface area (Å²) in [5, 5.41) is 15.8. The molecule has 0 atom stereocenters. The van der Waals surface area contributed by atoms with Gasteiger partial charge in [-0.15, -0.1) is 22.7 Å². The molecule has 9 aromatic rings. The molecule has 3 heteroatoms. The average molecular weight is 620 g/mol. The third-order valence-corrected chi connectivity index (χ3v) is 11.3. The Balaban J connectivity index is 1.34. The van der Waals surface area contributed by atoms with E-state index in [0.717, 1.165) is 33.4 Å². The number of nitrogens with zero attached hydrogens (tertiary/aromatic N) is 1. The lowest BCUT2D eigenvalue weighted by Gasteiger charge is -2.17. The molecule has 1 nitrogen and oxygen atoms in total. The van der Waals surface area contributed by atoms with Gasteiger partial charge >= 0.3 is 0 Å². The Labute approximate surface area is 274 Å². The zero-order valence-corrected chi connectivity index (χ0v) is 26.3. The van der Waals surface area contributed by atoms with E-state index < -0.39 is 0 Å². The highest BCUT2D eigenvalue weighted by Crippen LogP contribution is 2.44. The Bertz CT molecular complexity index is 2520. The van der Waals surface area contributed by atoms with Crippen LogP contribution in [0.25, 0.3) is 84.9 Å². The average Bonchev–Trinajstić information content (AvgIpc) is 3.69. The van der Waals surface area contributed by atoms with Gasteiger partial charge in [-0.05, 0) is 81.9 Å². The fraction of sp³-hybridized carbons (Fsp3) is 0. The number of hydrogen-bond donors (Lipinski definition) is 0. The molecule has 0 N–H and O–H groups in total. The second-order valence-corrected chi connectivity index (χ2v) is 13.8. The minimum absolute atomic E-state index is 0.693. The summed E-state index contributed by atoms with van der Waals surface area (Å²) < 4.78 is 5.06.